The van der Waals surface area contributed by atoms with Gasteiger partial charge in [0.05, 0.1) is 12.7 Å². The van der Waals surface area contributed by atoms with Crippen LogP contribution in [0.2, 0.25) is 0 Å². The third kappa shape index (κ3) is 4.13. The fourth-order valence-electron chi connectivity index (χ4n) is 1.53. The maximum atomic E-state index is 12.9. The summed E-state index contributed by atoms with van der Waals surface area (Å²) in [6, 6.07) is 3.94. The van der Waals surface area contributed by atoms with Crippen molar-refractivity contribution in [2.75, 3.05) is 19.0 Å². The smallest absolute Gasteiger partial charge is 0.418 e. The maximum absolute atomic E-state index is 12.9. The van der Waals surface area contributed by atoms with Gasteiger partial charge in [-0.2, -0.15) is 13.2 Å². The summed E-state index contributed by atoms with van der Waals surface area (Å²) in [5.74, 6) is 0.654. The number of benzene rings is 1. The number of ether oxygens (including phenoxy) is 1. The molecule has 0 unspecified atom stereocenters. The van der Waals surface area contributed by atoms with E-state index in [0.29, 0.717) is 12.5 Å². The van der Waals surface area contributed by atoms with Gasteiger partial charge in [-0.3, -0.25) is 0 Å². The zero-order chi connectivity index (χ0) is 13.8. The second-order valence-electron chi connectivity index (χ2n) is 4.52. The van der Waals surface area contributed by atoms with Crippen LogP contribution in [0.3, 0.4) is 0 Å². The molecule has 0 amide bonds. The van der Waals surface area contributed by atoms with Gasteiger partial charge in [-0.05, 0) is 30.5 Å². The first kappa shape index (κ1) is 14.7. The summed E-state index contributed by atoms with van der Waals surface area (Å²) < 4.78 is 43.4. The van der Waals surface area contributed by atoms with Gasteiger partial charge in [-0.1, -0.05) is 13.8 Å². The van der Waals surface area contributed by atoms with Gasteiger partial charge in [-0.25, -0.2) is 0 Å². The van der Waals surface area contributed by atoms with Gasteiger partial charge >= 0.3 is 6.18 Å². The van der Waals surface area contributed by atoms with Crippen molar-refractivity contribution >= 4 is 5.69 Å². The number of hydrogen-bond donors (Lipinski definition) is 1. The van der Waals surface area contributed by atoms with Crippen LogP contribution in [0.25, 0.3) is 0 Å². The van der Waals surface area contributed by atoms with Crippen molar-refractivity contribution in [3.8, 4) is 5.75 Å². The Balaban J connectivity index is 2.89. The monoisotopic (exact) mass is 261 g/mol. The Morgan fingerprint density at radius 1 is 1.28 bits per heavy atom. The van der Waals surface area contributed by atoms with Crippen molar-refractivity contribution < 1.29 is 17.9 Å². The number of alkyl halides is 3. The zero-order valence-corrected chi connectivity index (χ0v) is 10.8. The lowest BCUT2D eigenvalue weighted by Gasteiger charge is -2.16. The Labute approximate surface area is 105 Å². The van der Waals surface area contributed by atoms with Gasteiger partial charge in [0, 0.05) is 12.2 Å². The fraction of sp³-hybridized carbons (Fsp3) is 0.538. The Hall–Kier alpha value is -1.39. The molecule has 0 aromatic heterocycles. The fourth-order valence-corrected chi connectivity index (χ4v) is 1.53. The molecular formula is C13H18F3NO. The van der Waals surface area contributed by atoms with Crippen LogP contribution < -0.4 is 10.1 Å². The van der Waals surface area contributed by atoms with Crippen molar-refractivity contribution in [1.29, 1.82) is 0 Å². The molecule has 1 N–H and O–H groups in total. The van der Waals surface area contributed by atoms with Crippen molar-refractivity contribution in [2.45, 2.75) is 26.4 Å². The van der Waals surface area contributed by atoms with Gasteiger partial charge in [-0.15, -0.1) is 0 Å². The molecule has 18 heavy (non-hydrogen) atoms. The van der Waals surface area contributed by atoms with Crippen LogP contribution in [0, 0.1) is 5.92 Å². The Bertz CT molecular complexity index is 388. The summed E-state index contributed by atoms with van der Waals surface area (Å²) in [5, 5.41) is 2.83. The van der Waals surface area contributed by atoms with E-state index in [9.17, 15) is 13.2 Å². The number of hydrogen-bond acceptors (Lipinski definition) is 2. The Kier molecular flexibility index (Phi) is 4.87. The van der Waals surface area contributed by atoms with Crippen LogP contribution in [-0.4, -0.2) is 13.7 Å². The molecule has 0 aliphatic heterocycles. The number of rotatable bonds is 5. The van der Waals surface area contributed by atoms with E-state index in [0.717, 1.165) is 12.5 Å². The standard InChI is InChI=1S/C13H18F3NO/c1-9(2)6-7-17-12-5-4-10(18-3)8-11(12)13(14,15)16/h4-5,8-9,17H,6-7H2,1-3H3. The molecule has 0 heterocycles. The topological polar surface area (TPSA) is 21.3 Å². The van der Waals surface area contributed by atoms with Crippen LogP contribution >= 0.6 is 0 Å². The molecule has 0 atom stereocenters. The Morgan fingerprint density at radius 3 is 2.44 bits per heavy atom. The normalized spacial score (nSPS) is 11.7. The number of methoxy groups -OCH3 is 1. The quantitative estimate of drug-likeness (QED) is 0.858. The van der Waals surface area contributed by atoms with Gasteiger partial charge < -0.3 is 10.1 Å². The average molecular weight is 261 g/mol. The summed E-state index contributed by atoms with van der Waals surface area (Å²) >= 11 is 0. The second kappa shape index (κ2) is 5.98. The summed E-state index contributed by atoms with van der Waals surface area (Å²) in [7, 11) is 1.35. The van der Waals surface area contributed by atoms with E-state index >= 15 is 0 Å². The van der Waals surface area contributed by atoms with Crippen LogP contribution in [-0.2, 0) is 6.18 Å². The van der Waals surface area contributed by atoms with Crippen molar-refractivity contribution in [3.05, 3.63) is 23.8 Å². The molecule has 0 radical (unpaired) electrons. The van der Waals surface area contributed by atoms with E-state index in [2.05, 4.69) is 5.32 Å². The minimum atomic E-state index is -4.38. The van der Waals surface area contributed by atoms with Crippen LogP contribution in [0.4, 0.5) is 18.9 Å². The zero-order valence-electron chi connectivity index (χ0n) is 10.8. The SMILES string of the molecule is COc1ccc(NCCC(C)C)c(C(F)(F)F)c1. The van der Waals surface area contributed by atoms with Gasteiger partial charge in [0.1, 0.15) is 5.75 Å². The van der Waals surface area contributed by atoms with E-state index in [1.54, 1.807) is 0 Å². The largest absolute Gasteiger partial charge is 0.497 e. The van der Waals surface area contributed by atoms with Gasteiger partial charge in [0.25, 0.3) is 0 Å². The van der Waals surface area contributed by atoms with Crippen molar-refractivity contribution in [3.63, 3.8) is 0 Å². The van der Waals surface area contributed by atoms with Crippen LogP contribution in [0.15, 0.2) is 18.2 Å². The predicted octanol–water partition coefficient (Wildman–Crippen LogP) is 4.17. The molecule has 5 heteroatoms. The lowest BCUT2D eigenvalue weighted by molar-refractivity contribution is -0.137. The van der Waals surface area contributed by atoms with E-state index in [1.807, 2.05) is 13.8 Å². The first-order chi connectivity index (χ1) is 8.34. The highest BCUT2D eigenvalue weighted by Gasteiger charge is 2.33. The van der Waals surface area contributed by atoms with E-state index in [-0.39, 0.29) is 11.4 Å². The number of halogens is 3. The molecule has 0 bridgehead atoms. The Morgan fingerprint density at radius 2 is 1.94 bits per heavy atom. The minimum absolute atomic E-state index is 0.101. The first-order valence-corrected chi connectivity index (χ1v) is 5.83. The first-order valence-electron chi connectivity index (χ1n) is 5.83. The molecule has 0 spiro atoms. The average Bonchev–Trinajstić information content (AvgIpc) is 2.27. The molecule has 1 aromatic rings. The van der Waals surface area contributed by atoms with Gasteiger partial charge in [0.15, 0.2) is 0 Å². The minimum Gasteiger partial charge on any atom is -0.497 e. The van der Waals surface area contributed by atoms with E-state index in [4.69, 9.17) is 4.74 Å². The number of anilines is 1. The van der Waals surface area contributed by atoms with Crippen LogP contribution in [0.5, 0.6) is 5.75 Å². The lowest BCUT2D eigenvalue weighted by Crippen LogP contribution is -2.12. The summed E-state index contributed by atoms with van der Waals surface area (Å²) in [4.78, 5) is 0. The molecule has 0 aliphatic rings. The lowest BCUT2D eigenvalue weighted by atomic mass is 10.1. The van der Waals surface area contributed by atoms with E-state index in [1.165, 1.54) is 19.2 Å². The molecular weight excluding hydrogens is 243 g/mol. The molecule has 0 aliphatic carbocycles. The third-order valence-electron chi connectivity index (χ3n) is 2.57. The van der Waals surface area contributed by atoms with Crippen molar-refractivity contribution in [1.82, 2.24) is 0 Å². The molecule has 102 valence electrons. The summed E-state index contributed by atoms with van der Waals surface area (Å²) in [6.45, 7) is 4.58. The van der Waals surface area contributed by atoms with Crippen LogP contribution in [0.1, 0.15) is 25.8 Å². The molecule has 2 nitrogen and oxygen atoms in total. The highest BCUT2D eigenvalue weighted by molar-refractivity contribution is 5.55. The third-order valence-corrected chi connectivity index (χ3v) is 2.57. The summed E-state index contributed by atoms with van der Waals surface area (Å²) in [5.41, 5.74) is -0.588. The van der Waals surface area contributed by atoms with E-state index < -0.39 is 11.7 Å². The highest BCUT2D eigenvalue weighted by atomic mass is 19.4. The molecule has 0 fully saturated rings. The maximum Gasteiger partial charge on any atom is 0.418 e. The predicted molar refractivity (Wildman–Crippen MR) is 65.9 cm³/mol. The summed E-state index contributed by atoms with van der Waals surface area (Å²) in [6.07, 6.45) is -3.56. The highest BCUT2D eigenvalue weighted by Crippen LogP contribution is 2.37. The number of nitrogens with one attached hydrogen (secondary N) is 1. The molecule has 1 rings (SSSR count). The molecule has 0 saturated carbocycles. The van der Waals surface area contributed by atoms with Gasteiger partial charge in [0.2, 0.25) is 0 Å². The van der Waals surface area contributed by atoms with Crippen molar-refractivity contribution in [2.24, 2.45) is 5.92 Å². The molecule has 0 saturated heterocycles. The second-order valence-corrected chi connectivity index (χ2v) is 4.52. The molecule has 1 aromatic carbocycles.